The average Bonchev–Trinajstić information content (AvgIpc) is 2.81. The molecule has 2 heterocycles. The van der Waals surface area contributed by atoms with E-state index in [9.17, 15) is 4.79 Å². The molecule has 0 aliphatic heterocycles. The van der Waals surface area contributed by atoms with Crippen LogP contribution in [0.4, 0.5) is 0 Å². The first-order chi connectivity index (χ1) is 8.63. The Balaban J connectivity index is 2.19. The second-order valence-corrected chi connectivity index (χ2v) is 4.49. The molecule has 0 aliphatic rings. The third-order valence-electron chi connectivity index (χ3n) is 3.15. The van der Waals surface area contributed by atoms with E-state index in [1.165, 1.54) is 0 Å². The fourth-order valence-corrected chi connectivity index (χ4v) is 1.68. The van der Waals surface area contributed by atoms with Gasteiger partial charge in [0.2, 0.25) is 0 Å². The summed E-state index contributed by atoms with van der Waals surface area (Å²) < 4.78 is 1.74. The highest BCUT2D eigenvalue weighted by Gasteiger charge is 2.17. The first-order valence-corrected chi connectivity index (χ1v) is 5.97. The predicted molar refractivity (Wildman–Crippen MR) is 68.4 cm³/mol. The lowest BCUT2D eigenvalue weighted by Crippen LogP contribution is -2.38. The SMILES string of the molecule is CC(CO)C(C)NC(=O)c1cnc2ccccn12. The number of fused-ring (bicyclic) bond motifs is 1. The normalized spacial score (nSPS) is 14.4. The molecule has 0 fully saturated rings. The van der Waals surface area contributed by atoms with Gasteiger partial charge in [0.25, 0.3) is 5.91 Å². The van der Waals surface area contributed by atoms with Gasteiger partial charge in [0.15, 0.2) is 0 Å². The maximum absolute atomic E-state index is 12.1. The molecule has 2 aromatic heterocycles. The Morgan fingerprint density at radius 2 is 2.28 bits per heavy atom. The lowest BCUT2D eigenvalue weighted by Gasteiger charge is -2.18. The van der Waals surface area contributed by atoms with Crippen molar-refractivity contribution in [2.45, 2.75) is 19.9 Å². The molecular formula is C13H17N3O2. The van der Waals surface area contributed by atoms with Gasteiger partial charge in [0.1, 0.15) is 11.3 Å². The molecule has 2 rings (SSSR count). The third kappa shape index (κ3) is 2.36. The van der Waals surface area contributed by atoms with E-state index in [0.29, 0.717) is 5.69 Å². The number of imidazole rings is 1. The van der Waals surface area contributed by atoms with Gasteiger partial charge in [-0.1, -0.05) is 13.0 Å². The summed E-state index contributed by atoms with van der Waals surface area (Å²) in [7, 11) is 0. The van der Waals surface area contributed by atoms with E-state index >= 15 is 0 Å². The average molecular weight is 247 g/mol. The van der Waals surface area contributed by atoms with Crippen LogP contribution in [0.1, 0.15) is 24.3 Å². The topological polar surface area (TPSA) is 66.6 Å². The number of rotatable bonds is 4. The number of hydrogen-bond donors (Lipinski definition) is 2. The Kier molecular flexibility index (Phi) is 3.62. The molecule has 0 aliphatic carbocycles. The lowest BCUT2D eigenvalue weighted by molar-refractivity contribution is 0.0910. The molecule has 1 amide bonds. The van der Waals surface area contributed by atoms with E-state index in [-0.39, 0.29) is 24.5 Å². The lowest BCUT2D eigenvalue weighted by atomic mass is 10.1. The van der Waals surface area contributed by atoms with Gasteiger partial charge < -0.3 is 10.4 Å². The Morgan fingerprint density at radius 3 is 3.00 bits per heavy atom. The smallest absolute Gasteiger partial charge is 0.270 e. The number of pyridine rings is 1. The molecule has 0 saturated carbocycles. The Bertz CT molecular complexity index is 550. The standard InChI is InChI=1S/C13H17N3O2/c1-9(8-17)10(2)15-13(18)11-7-14-12-5-3-4-6-16(11)12/h3-7,9-10,17H,8H2,1-2H3,(H,15,18). The molecule has 2 unspecified atom stereocenters. The van der Waals surface area contributed by atoms with Crippen LogP contribution in [0.15, 0.2) is 30.6 Å². The molecule has 5 heteroatoms. The predicted octanol–water partition coefficient (Wildman–Crippen LogP) is 1.08. The minimum Gasteiger partial charge on any atom is -0.396 e. The van der Waals surface area contributed by atoms with Crippen molar-refractivity contribution in [2.24, 2.45) is 5.92 Å². The van der Waals surface area contributed by atoms with E-state index in [0.717, 1.165) is 5.65 Å². The number of aromatic nitrogens is 2. The van der Waals surface area contributed by atoms with Crippen LogP contribution in [0.2, 0.25) is 0 Å². The van der Waals surface area contributed by atoms with E-state index in [2.05, 4.69) is 10.3 Å². The fraction of sp³-hybridized carbons (Fsp3) is 0.385. The number of nitrogens with zero attached hydrogens (tertiary/aromatic N) is 2. The minimum atomic E-state index is -0.179. The number of aliphatic hydroxyl groups is 1. The zero-order valence-electron chi connectivity index (χ0n) is 10.5. The summed E-state index contributed by atoms with van der Waals surface area (Å²) in [6, 6.07) is 5.49. The van der Waals surface area contributed by atoms with Gasteiger partial charge in [0.05, 0.1) is 6.20 Å². The molecule has 2 atom stereocenters. The molecular weight excluding hydrogens is 230 g/mol. The van der Waals surface area contributed by atoms with Crippen LogP contribution in [-0.4, -0.2) is 33.0 Å². The first-order valence-electron chi connectivity index (χ1n) is 5.97. The maximum Gasteiger partial charge on any atom is 0.270 e. The Hall–Kier alpha value is -1.88. The van der Waals surface area contributed by atoms with Crippen molar-refractivity contribution in [3.05, 3.63) is 36.3 Å². The Morgan fingerprint density at radius 1 is 1.50 bits per heavy atom. The van der Waals surface area contributed by atoms with Gasteiger partial charge in [-0.3, -0.25) is 9.20 Å². The summed E-state index contributed by atoms with van der Waals surface area (Å²) in [5.41, 5.74) is 1.24. The van der Waals surface area contributed by atoms with Gasteiger partial charge in [-0.25, -0.2) is 4.98 Å². The highest BCUT2D eigenvalue weighted by Crippen LogP contribution is 2.07. The number of hydrogen-bond acceptors (Lipinski definition) is 3. The molecule has 0 bridgehead atoms. The first kappa shape index (κ1) is 12.6. The minimum absolute atomic E-state index is 0.0214. The zero-order chi connectivity index (χ0) is 13.1. The molecule has 0 radical (unpaired) electrons. The highest BCUT2D eigenvalue weighted by atomic mass is 16.3. The molecule has 96 valence electrons. The van der Waals surface area contributed by atoms with Crippen molar-refractivity contribution < 1.29 is 9.90 Å². The van der Waals surface area contributed by atoms with E-state index < -0.39 is 0 Å². The van der Waals surface area contributed by atoms with E-state index in [1.807, 2.05) is 32.0 Å². The van der Waals surface area contributed by atoms with Gasteiger partial charge in [-0.2, -0.15) is 0 Å². The van der Waals surface area contributed by atoms with E-state index in [1.54, 1.807) is 16.8 Å². The largest absolute Gasteiger partial charge is 0.396 e. The fourth-order valence-electron chi connectivity index (χ4n) is 1.68. The number of aliphatic hydroxyl groups excluding tert-OH is 1. The molecule has 0 spiro atoms. The third-order valence-corrected chi connectivity index (χ3v) is 3.15. The molecule has 0 aromatic carbocycles. The monoisotopic (exact) mass is 247 g/mol. The number of amides is 1. The van der Waals surface area contributed by atoms with Crippen LogP contribution in [-0.2, 0) is 0 Å². The van der Waals surface area contributed by atoms with E-state index in [4.69, 9.17) is 5.11 Å². The summed E-state index contributed by atoms with van der Waals surface area (Å²) in [5, 5.41) is 11.9. The van der Waals surface area contributed by atoms with Crippen LogP contribution < -0.4 is 5.32 Å². The van der Waals surface area contributed by atoms with Crippen LogP contribution in [0.5, 0.6) is 0 Å². The second-order valence-electron chi connectivity index (χ2n) is 4.49. The summed E-state index contributed by atoms with van der Waals surface area (Å²) >= 11 is 0. The zero-order valence-corrected chi connectivity index (χ0v) is 10.5. The summed E-state index contributed by atoms with van der Waals surface area (Å²) in [5.74, 6) is -0.158. The highest BCUT2D eigenvalue weighted by molar-refractivity contribution is 5.93. The van der Waals surface area contributed by atoms with Crippen LogP contribution in [0.25, 0.3) is 5.65 Å². The van der Waals surface area contributed by atoms with Crippen molar-refractivity contribution in [1.82, 2.24) is 14.7 Å². The van der Waals surface area contributed by atoms with Crippen molar-refractivity contribution in [1.29, 1.82) is 0 Å². The summed E-state index contributed by atoms with van der Waals surface area (Å²) in [6.07, 6.45) is 3.36. The summed E-state index contributed by atoms with van der Waals surface area (Å²) in [4.78, 5) is 16.3. The van der Waals surface area contributed by atoms with Crippen LogP contribution in [0, 0.1) is 5.92 Å². The molecule has 5 nitrogen and oxygen atoms in total. The van der Waals surface area contributed by atoms with Crippen LogP contribution >= 0.6 is 0 Å². The van der Waals surface area contributed by atoms with Gasteiger partial charge in [-0.15, -0.1) is 0 Å². The number of carbonyl (C=O) groups is 1. The van der Waals surface area contributed by atoms with Crippen molar-refractivity contribution in [2.75, 3.05) is 6.61 Å². The molecule has 0 saturated heterocycles. The van der Waals surface area contributed by atoms with Crippen molar-refractivity contribution in [3.8, 4) is 0 Å². The summed E-state index contributed by atoms with van der Waals surface area (Å²) in [6.45, 7) is 3.82. The molecule has 2 aromatic rings. The molecule has 2 N–H and O–H groups in total. The van der Waals surface area contributed by atoms with Gasteiger partial charge in [-0.05, 0) is 25.0 Å². The second kappa shape index (κ2) is 5.18. The maximum atomic E-state index is 12.1. The van der Waals surface area contributed by atoms with Crippen LogP contribution in [0.3, 0.4) is 0 Å². The Labute approximate surface area is 105 Å². The van der Waals surface area contributed by atoms with Crippen molar-refractivity contribution >= 4 is 11.6 Å². The number of carbonyl (C=O) groups excluding carboxylic acids is 1. The van der Waals surface area contributed by atoms with Gasteiger partial charge in [0, 0.05) is 18.8 Å². The number of nitrogens with one attached hydrogen (secondary N) is 1. The van der Waals surface area contributed by atoms with Gasteiger partial charge >= 0.3 is 0 Å². The molecule has 18 heavy (non-hydrogen) atoms. The quantitative estimate of drug-likeness (QED) is 0.849. The van der Waals surface area contributed by atoms with Crippen molar-refractivity contribution in [3.63, 3.8) is 0 Å².